The Morgan fingerprint density at radius 3 is 2.45 bits per heavy atom. The number of allylic oxidation sites excluding steroid dienone is 3. The highest BCUT2D eigenvalue weighted by atomic mass is 16.5. The molecule has 0 bridgehead atoms. The van der Waals surface area contributed by atoms with E-state index in [0.717, 1.165) is 42.0 Å². The minimum atomic E-state index is -0.253. The van der Waals surface area contributed by atoms with E-state index in [1.54, 1.807) is 0 Å². The van der Waals surface area contributed by atoms with Crippen molar-refractivity contribution in [2.75, 3.05) is 11.4 Å². The van der Waals surface area contributed by atoms with Gasteiger partial charge in [-0.15, -0.1) is 0 Å². The molecule has 29 heavy (non-hydrogen) atoms. The Bertz CT molecular complexity index is 901. The number of carbonyl (C=O) groups excluding carboxylic acids is 1. The number of amides is 1. The number of nitrogens with two attached hydrogens (primary N) is 1. The smallest absolute Gasteiger partial charge is 0.226 e. The van der Waals surface area contributed by atoms with Crippen LogP contribution in [0.1, 0.15) is 65.4 Å². The van der Waals surface area contributed by atoms with Crippen LogP contribution in [0.25, 0.3) is 0 Å². The lowest BCUT2D eigenvalue weighted by molar-refractivity contribution is -0.119. The molecule has 1 atom stereocenters. The summed E-state index contributed by atoms with van der Waals surface area (Å²) in [5.74, 6) is 1.21. The lowest BCUT2D eigenvalue weighted by Gasteiger charge is -2.40. The van der Waals surface area contributed by atoms with E-state index in [2.05, 4.69) is 33.8 Å². The number of anilines is 1. The molecule has 2 aliphatic heterocycles. The van der Waals surface area contributed by atoms with E-state index in [1.165, 1.54) is 0 Å². The van der Waals surface area contributed by atoms with Gasteiger partial charge >= 0.3 is 0 Å². The van der Waals surface area contributed by atoms with Crippen molar-refractivity contribution >= 4 is 11.6 Å². The van der Waals surface area contributed by atoms with Crippen LogP contribution in [0.4, 0.5) is 5.69 Å². The molecule has 5 heteroatoms. The monoisotopic (exact) mass is 393 g/mol. The minimum absolute atomic E-state index is 0.175. The fourth-order valence-corrected chi connectivity index (χ4v) is 4.28. The molecule has 154 valence electrons. The Hall–Kier alpha value is -2.74. The van der Waals surface area contributed by atoms with Gasteiger partial charge in [-0.1, -0.05) is 39.8 Å². The van der Waals surface area contributed by atoms with Gasteiger partial charge in [-0.2, -0.15) is 5.26 Å². The molecular weight excluding hydrogens is 362 g/mol. The molecular formula is C24H31N3O2. The highest BCUT2D eigenvalue weighted by Crippen LogP contribution is 2.50. The fraction of sp³-hybridized carbons (Fsp3) is 0.500. The van der Waals surface area contributed by atoms with E-state index < -0.39 is 0 Å². The molecule has 3 rings (SSSR count). The molecule has 0 spiro atoms. The number of carbonyl (C=O) groups is 1. The lowest BCUT2D eigenvalue weighted by atomic mass is 9.66. The van der Waals surface area contributed by atoms with Crippen molar-refractivity contribution in [2.45, 2.75) is 59.8 Å². The minimum Gasteiger partial charge on any atom is -0.445 e. The Labute approximate surface area is 173 Å². The molecule has 1 unspecified atom stereocenters. The van der Waals surface area contributed by atoms with E-state index in [4.69, 9.17) is 10.5 Å². The average molecular weight is 394 g/mol. The normalized spacial score (nSPS) is 20.8. The molecule has 1 amide bonds. The maximum atomic E-state index is 12.3. The van der Waals surface area contributed by atoms with Gasteiger partial charge < -0.3 is 15.4 Å². The van der Waals surface area contributed by atoms with E-state index in [9.17, 15) is 10.1 Å². The molecule has 1 saturated heterocycles. The number of benzene rings is 1. The van der Waals surface area contributed by atoms with Crippen LogP contribution < -0.4 is 10.6 Å². The van der Waals surface area contributed by atoms with Gasteiger partial charge in [-0.25, -0.2) is 0 Å². The first kappa shape index (κ1) is 21.0. The summed E-state index contributed by atoms with van der Waals surface area (Å²) in [5, 5.41) is 9.85. The second-order valence-electron chi connectivity index (χ2n) is 8.87. The predicted molar refractivity (Wildman–Crippen MR) is 115 cm³/mol. The van der Waals surface area contributed by atoms with Crippen molar-refractivity contribution in [3.63, 3.8) is 0 Å². The van der Waals surface area contributed by atoms with Gasteiger partial charge in [0.25, 0.3) is 0 Å². The number of piperidine rings is 1. The first-order valence-electron chi connectivity index (χ1n) is 10.4. The third kappa shape index (κ3) is 3.76. The van der Waals surface area contributed by atoms with Crippen LogP contribution in [0.3, 0.4) is 0 Å². The lowest BCUT2D eigenvalue weighted by Crippen LogP contribution is -2.35. The van der Waals surface area contributed by atoms with Gasteiger partial charge in [-0.05, 0) is 54.4 Å². The maximum Gasteiger partial charge on any atom is 0.226 e. The SMILES string of the molecule is CC1=C(C(C)(C)C(C)C)C(c2ccc(N3CCCCC3=O)cc2)C(C#N)=C(N)O1. The Balaban J connectivity index is 2.06. The summed E-state index contributed by atoms with van der Waals surface area (Å²) in [6.07, 6.45) is 2.59. The van der Waals surface area contributed by atoms with Crippen LogP contribution >= 0.6 is 0 Å². The second kappa shape index (κ2) is 7.94. The van der Waals surface area contributed by atoms with Crippen molar-refractivity contribution < 1.29 is 9.53 Å². The first-order valence-corrected chi connectivity index (χ1v) is 10.4. The van der Waals surface area contributed by atoms with Crippen LogP contribution in [-0.4, -0.2) is 12.5 Å². The average Bonchev–Trinajstić information content (AvgIpc) is 2.67. The zero-order chi connectivity index (χ0) is 21.3. The predicted octanol–water partition coefficient (Wildman–Crippen LogP) is 4.97. The van der Waals surface area contributed by atoms with Crippen LogP contribution in [0, 0.1) is 22.7 Å². The molecule has 2 N–H and O–H groups in total. The second-order valence-corrected chi connectivity index (χ2v) is 8.87. The summed E-state index contributed by atoms with van der Waals surface area (Å²) in [5.41, 5.74) is 9.35. The van der Waals surface area contributed by atoms with Crippen LogP contribution in [0.15, 0.2) is 47.1 Å². The molecule has 5 nitrogen and oxygen atoms in total. The quantitative estimate of drug-likeness (QED) is 0.783. The van der Waals surface area contributed by atoms with E-state index in [-0.39, 0.29) is 23.1 Å². The summed E-state index contributed by atoms with van der Waals surface area (Å²) in [6.45, 7) is 11.4. The number of hydrogen-bond donors (Lipinski definition) is 1. The van der Waals surface area contributed by atoms with Crippen LogP contribution in [0.5, 0.6) is 0 Å². The Morgan fingerprint density at radius 2 is 1.90 bits per heavy atom. The maximum absolute atomic E-state index is 12.3. The Morgan fingerprint density at radius 1 is 1.24 bits per heavy atom. The molecule has 0 aliphatic carbocycles. The van der Waals surface area contributed by atoms with Crippen molar-refractivity contribution in [1.29, 1.82) is 5.26 Å². The zero-order valence-corrected chi connectivity index (χ0v) is 18.1. The van der Waals surface area contributed by atoms with Crippen molar-refractivity contribution in [3.05, 3.63) is 52.6 Å². The van der Waals surface area contributed by atoms with E-state index in [0.29, 0.717) is 17.9 Å². The summed E-state index contributed by atoms with van der Waals surface area (Å²) in [6, 6.07) is 10.3. The van der Waals surface area contributed by atoms with Crippen LogP contribution in [-0.2, 0) is 9.53 Å². The summed E-state index contributed by atoms with van der Waals surface area (Å²) in [4.78, 5) is 14.1. The highest BCUT2D eigenvalue weighted by Gasteiger charge is 2.41. The number of nitriles is 1. The third-order valence-electron chi connectivity index (χ3n) is 6.60. The highest BCUT2D eigenvalue weighted by molar-refractivity contribution is 5.94. The van der Waals surface area contributed by atoms with Crippen molar-refractivity contribution in [1.82, 2.24) is 0 Å². The summed E-state index contributed by atoms with van der Waals surface area (Å²) >= 11 is 0. The van der Waals surface area contributed by atoms with Gasteiger partial charge in [0.15, 0.2) is 0 Å². The summed E-state index contributed by atoms with van der Waals surface area (Å²) in [7, 11) is 0. The van der Waals surface area contributed by atoms with Gasteiger partial charge in [-0.3, -0.25) is 4.79 Å². The van der Waals surface area contributed by atoms with Gasteiger partial charge in [0, 0.05) is 24.6 Å². The number of rotatable bonds is 4. The molecule has 2 heterocycles. The van der Waals surface area contributed by atoms with Gasteiger partial charge in [0.1, 0.15) is 17.4 Å². The van der Waals surface area contributed by atoms with Crippen molar-refractivity contribution in [2.24, 2.45) is 17.1 Å². The molecule has 0 saturated carbocycles. The fourth-order valence-electron chi connectivity index (χ4n) is 4.28. The standard InChI is InChI=1S/C24H31N3O2/c1-15(2)24(4,5)22-16(3)29-23(26)19(14-25)21(22)17-9-11-18(12-10-17)27-13-7-6-8-20(27)28/h9-12,15,21H,6-8,13,26H2,1-5H3. The number of nitrogens with zero attached hydrogens (tertiary/aromatic N) is 2. The molecule has 1 fully saturated rings. The Kier molecular flexibility index (Phi) is 5.75. The number of ether oxygens (including phenoxy) is 1. The van der Waals surface area contributed by atoms with Gasteiger partial charge in [0.2, 0.25) is 11.8 Å². The molecule has 1 aromatic rings. The van der Waals surface area contributed by atoms with E-state index >= 15 is 0 Å². The first-order chi connectivity index (χ1) is 13.7. The largest absolute Gasteiger partial charge is 0.445 e. The third-order valence-corrected chi connectivity index (χ3v) is 6.60. The van der Waals surface area contributed by atoms with Crippen LogP contribution in [0.2, 0.25) is 0 Å². The molecule has 0 aromatic heterocycles. The topological polar surface area (TPSA) is 79.4 Å². The molecule has 0 radical (unpaired) electrons. The zero-order valence-electron chi connectivity index (χ0n) is 18.1. The van der Waals surface area contributed by atoms with E-state index in [1.807, 2.05) is 36.1 Å². The molecule has 1 aromatic carbocycles. The van der Waals surface area contributed by atoms with Crippen molar-refractivity contribution in [3.8, 4) is 6.07 Å². The summed E-state index contributed by atoms with van der Waals surface area (Å²) < 4.78 is 5.79. The van der Waals surface area contributed by atoms with Gasteiger partial charge in [0.05, 0.1) is 0 Å². The molecule has 2 aliphatic rings. The number of hydrogen-bond acceptors (Lipinski definition) is 4.